The number of hydrogen-bond donors (Lipinski definition) is 0. The number of carbonyl (C=O) groups is 1. The molecule has 1 aromatic carbocycles. The van der Waals surface area contributed by atoms with E-state index in [4.69, 9.17) is 9.47 Å². The van der Waals surface area contributed by atoms with Gasteiger partial charge in [-0.1, -0.05) is 37.3 Å². The van der Waals surface area contributed by atoms with E-state index in [2.05, 4.69) is 19.1 Å². The van der Waals surface area contributed by atoms with E-state index < -0.39 is 5.60 Å². The summed E-state index contributed by atoms with van der Waals surface area (Å²) >= 11 is 0. The molecule has 2 unspecified atom stereocenters. The summed E-state index contributed by atoms with van der Waals surface area (Å²) in [6.45, 7) is 8.45. The smallest absolute Gasteiger partial charge is 0.410 e. The third-order valence-corrected chi connectivity index (χ3v) is 4.07. The number of piperidine rings is 1. The second-order valence-corrected chi connectivity index (χ2v) is 7.05. The second kappa shape index (κ2) is 6.69. The molecule has 2 rings (SSSR count). The van der Waals surface area contributed by atoms with Crippen molar-refractivity contribution in [3.63, 3.8) is 0 Å². The molecule has 0 spiro atoms. The maximum Gasteiger partial charge on any atom is 0.410 e. The monoisotopic (exact) mass is 305 g/mol. The van der Waals surface area contributed by atoms with Gasteiger partial charge in [0.15, 0.2) is 0 Å². The van der Waals surface area contributed by atoms with E-state index in [1.807, 2.05) is 43.9 Å². The lowest BCUT2D eigenvalue weighted by Crippen LogP contribution is -2.49. The van der Waals surface area contributed by atoms with Gasteiger partial charge in [0.1, 0.15) is 5.60 Å². The lowest BCUT2D eigenvalue weighted by Gasteiger charge is -2.42. The van der Waals surface area contributed by atoms with Gasteiger partial charge in [-0.05, 0) is 32.8 Å². The molecular weight excluding hydrogens is 278 g/mol. The number of benzene rings is 1. The molecule has 1 fully saturated rings. The zero-order valence-electron chi connectivity index (χ0n) is 14.2. The van der Waals surface area contributed by atoms with E-state index in [0.717, 1.165) is 12.0 Å². The molecule has 0 N–H and O–H groups in total. The zero-order chi connectivity index (χ0) is 16.3. The largest absolute Gasteiger partial charge is 0.444 e. The molecule has 1 saturated heterocycles. The lowest BCUT2D eigenvalue weighted by molar-refractivity contribution is -0.0416. The molecule has 0 radical (unpaired) electrons. The Morgan fingerprint density at radius 1 is 1.23 bits per heavy atom. The summed E-state index contributed by atoms with van der Waals surface area (Å²) < 4.78 is 11.2. The van der Waals surface area contributed by atoms with Crippen LogP contribution in [-0.2, 0) is 9.47 Å². The molecule has 0 aliphatic carbocycles. The SMILES string of the molecule is COC1C[C@H](c2ccccc2)N(C(=O)OC(C)(C)C)CC1C. The Morgan fingerprint density at radius 2 is 1.86 bits per heavy atom. The Kier molecular flexibility index (Phi) is 5.12. The number of methoxy groups -OCH3 is 1. The summed E-state index contributed by atoms with van der Waals surface area (Å²) in [4.78, 5) is 14.4. The van der Waals surface area contributed by atoms with E-state index in [0.29, 0.717) is 6.54 Å². The molecule has 1 aromatic rings. The third-order valence-electron chi connectivity index (χ3n) is 4.07. The molecule has 22 heavy (non-hydrogen) atoms. The Bertz CT molecular complexity index is 495. The highest BCUT2D eigenvalue weighted by Gasteiger charge is 2.38. The number of likely N-dealkylation sites (tertiary alicyclic amines) is 1. The predicted octanol–water partition coefficient (Wildman–Crippen LogP) is 4.02. The molecule has 122 valence electrons. The van der Waals surface area contributed by atoms with Gasteiger partial charge in [0, 0.05) is 19.6 Å². The van der Waals surface area contributed by atoms with Gasteiger partial charge < -0.3 is 14.4 Å². The van der Waals surface area contributed by atoms with E-state index >= 15 is 0 Å². The van der Waals surface area contributed by atoms with Crippen molar-refractivity contribution in [1.82, 2.24) is 4.90 Å². The number of rotatable bonds is 2. The van der Waals surface area contributed by atoms with Gasteiger partial charge in [-0.15, -0.1) is 0 Å². The maximum atomic E-state index is 12.6. The van der Waals surface area contributed by atoms with E-state index in [1.165, 1.54) is 0 Å². The molecule has 0 bridgehead atoms. The molecule has 4 nitrogen and oxygen atoms in total. The van der Waals surface area contributed by atoms with Gasteiger partial charge in [0.2, 0.25) is 0 Å². The van der Waals surface area contributed by atoms with Gasteiger partial charge >= 0.3 is 6.09 Å². The highest BCUT2D eigenvalue weighted by molar-refractivity contribution is 5.69. The fraction of sp³-hybridized carbons (Fsp3) is 0.611. The van der Waals surface area contributed by atoms with Gasteiger partial charge in [-0.3, -0.25) is 0 Å². The minimum Gasteiger partial charge on any atom is -0.444 e. The van der Waals surface area contributed by atoms with E-state index in [9.17, 15) is 4.79 Å². The molecular formula is C18H27NO3. The fourth-order valence-electron chi connectivity index (χ4n) is 2.98. The first-order chi connectivity index (χ1) is 10.3. The Balaban J connectivity index is 2.25. The summed E-state index contributed by atoms with van der Waals surface area (Å²) in [7, 11) is 1.74. The molecule has 1 heterocycles. The number of ether oxygens (including phenoxy) is 2. The van der Waals surface area contributed by atoms with Crippen LogP contribution in [0, 0.1) is 5.92 Å². The highest BCUT2D eigenvalue weighted by atomic mass is 16.6. The van der Waals surface area contributed by atoms with Crippen molar-refractivity contribution in [2.45, 2.75) is 51.9 Å². The second-order valence-electron chi connectivity index (χ2n) is 7.05. The van der Waals surface area contributed by atoms with Crippen molar-refractivity contribution < 1.29 is 14.3 Å². The normalized spacial score (nSPS) is 25.9. The van der Waals surface area contributed by atoms with Crippen LogP contribution in [0.4, 0.5) is 4.79 Å². The van der Waals surface area contributed by atoms with Crippen molar-refractivity contribution in [2.24, 2.45) is 5.92 Å². The first kappa shape index (κ1) is 16.8. The Labute approximate surface area is 133 Å². The molecule has 1 amide bonds. The van der Waals surface area contributed by atoms with Crippen LogP contribution in [0.2, 0.25) is 0 Å². The highest BCUT2D eigenvalue weighted by Crippen LogP contribution is 2.35. The first-order valence-electron chi connectivity index (χ1n) is 7.89. The van der Waals surface area contributed by atoms with Crippen LogP contribution in [0.5, 0.6) is 0 Å². The van der Waals surface area contributed by atoms with Crippen LogP contribution in [-0.4, -0.2) is 36.4 Å². The molecule has 0 saturated carbocycles. The van der Waals surface area contributed by atoms with Gasteiger partial charge in [-0.2, -0.15) is 0 Å². The van der Waals surface area contributed by atoms with Crippen molar-refractivity contribution in [1.29, 1.82) is 0 Å². The van der Waals surface area contributed by atoms with Crippen LogP contribution in [0.1, 0.15) is 45.7 Å². The minimum atomic E-state index is -0.486. The fourth-order valence-corrected chi connectivity index (χ4v) is 2.98. The van der Waals surface area contributed by atoms with Crippen LogP contribution in [0.25, 0.3) is 0 Å². The summed E-state index contributed by atoms with van der Waals surface area (Å²) in [5.41, 5.74) is 0.641. The number of hydrogen-bond acceptors (Lipinski definition) is 3. The minimum absolute atomic E-state index is 0.00259. The Morgan fingerprint density at radius 3 is 2.41 bits per heavy atom. The average molecular weight is 305 g/mol. The summed E-state index contributed by atoms with van der Waals surface area (Å²) in [5, 5.41) is 0. The summed E-state index contributed by atoms with van der Waals surface area (Å²) in [5.74, 6) is 0.289. The Hall–Kier alpha value is -1.55. The molecule has 4 heteroatoms. The maximum absolute atomic E-state index is 12.6. The number of nitrogens with zero attached hydrogens (tertiary/aromatic N) is 1. The van der Waals surface area contributed by atoms with Crippen LogP contribution >= 0.6 is 0 Å². The van der Waals surface area contributed by atoms with Crippen molar-refractivity contribution in [2.75, 3.05) is 13.7 Å². The summed E-state index contributed by atoms with van der Waals surface area (Å²) in [6.07, 6.45) is 0.702. The first-order valence-corrected chi connectivity index (χ1v) is 7.89. The molecule has 3 atom stereocenters. The van der Waals surface area contributed by atoms with Gasteiger partial charge in [0.25, 0.3) is 0 Å². The van der Waals surface area contributed by atoms with E-state index in [1.54, 1.807) is 7.11 Å². The quantitative estimate of drug-likeness (QED) is 0.828. The standard InChI is InChI=1S/C18H27NO3/c1-13-12-19(17(20)22-18(2,3)4)15(11-16(13)21-5)14-9-7-6-8-10-14/h6-10,13,15-16H,11-12H2,1-5H3/t13?,15-,16?/m1/s1. The molecule has 1 aliphatic rings. The van der Waals surface area contributed by atoms with Crippen molar-refractivity contribution in [3.05, 3.63) is 35.9 Å². The van der Waals surface area contributed by atoms with E-state index in [-0.39, 0.29) is 24.2 Å². The predicted molar refractivity (Wildman–Crippen MR) is 86.7 cm³/mol. The molecule has 1 aliphatic heterocycles. The van der Waals surface area contributed by atoms with Crippen LogP contribution < -0.4 is 0 Å². The van der Waals surface area contributed by atoms with Gasteiger partial charge in [-0.25, -0.2) is 4.79 Å². The number of carbonyl (C=O) groups excluding carboxylic acids is 1. The number of amides is 1. The molecule has 0 aromatic heterocycles. The topological polar surface area (TPSA) is 38.8 Å². The zero-order valence-corrected chi connectivity index (χ0v) is 14.2. The van der Waals surface area contributed by atoms with Gasteiger partial charge in [0.05, 0.1) is 12.1 Å². The van der Waals surface area contributed by atoms with Crippen LogP contribution in [0.3, 0.4) is 0 Å². The summed E-state index contributed by atoms with van der Waals surface area (Å²) in [6, 6.07) is 10.1. The van der Waals surface area contributed by atoms with Crippen molar-refractivity contribution >= 4 is 6.09 Å². The van der Waals surface area contributed by atoms with Crippen LogP contribution in [0.15, 0.2) is 30.3 Å². The third kappa shape index (κ3) is 4.01. The average Bonchev–Trinajstić information content (AvgIpc) is 2.46. The lowest BCUT2D eigenvalue weighted by atomic mass is 9.87. The van der Waals surface area contributed by atoms with Crippen molar-refractivity contribution in [3.8, 4) is 0 Å².